The number of anilines is 1. The SMILES string of the molecule is CCOC(=O)c1c(C)nc(C(OCC)C(C)(C)C)nc1N. The van der Waals surface area contributed by atoms with E-state index in [9.17, 15) is 4.79 Å². The fourth-order valence-corrected chi connectivity index (χ4v) is 2.07. The molecule has 1 aromatic heterocycles. The molecule has 6 nitrogen and oxygen atoms in total. The highest BCUT2D eigenvalue weighted by atomic mass is 16.5. The number of aromatic nitrogens is 2. The number of ether oxygens (including phenoxy) is 2. The number of hydrogen-bond acceptors (Lipinski definition) is 6. The molecule has 0 aliphatic heterocycles. The van der Waals surface area contributed by atoms with Crippen molar-refractivity contribution in [1.82, 2.24) is 9.97 Å². The second-order valence-corrected chi connectivity index (χ2v) is 5.85. The van der Waals surface area contributed by atoms with Crippen LogP contribution < -0.4 is 5.73 Å². The quantitative estimate of drug-likeness (QED) is 0.840. The lowest BCUT2D eigenvalue weighted by molar-refractivity contribution is -0.0191. The third kappa shape index (κ3) is 4.14. The predicted octanol–water partition coefficient (Wildman–Crippen LogP) is 2.67. The van der Waals surface area contributed by atoms with Crippen LogP contribution >= 0.6 is 0 Å². The van der Waals surface area contributed by atoms with Gasteiger partial charge in [-0.15, -0.1) is 0 Å². The number of nitrogen functional groups attached to an aromatic ring is 1. The molecule has 0 radical (unpaired) electrons. The summed E-state index contributed by atoms with van der Waals surface area (Å²) in [4.78, 5) is 20.5. The lowest BCUT2D eigenvalue weighted by Gasteiger charge is -2.29. The van der Waals surface area contributed by atoms with E-state index in [1.165, 1.54) is 0 Å². The maximum absolute atomic E-state index is 11.9. The molecular weight excluding hydrogens is 270 g/mol. The van der Waals surface area contributed by atoms with Crippen LogP contribution in [-0.4, -0.2) is 29.2 Å². The fourth-order valence-electron chi connectivity index (χ4n) is 2.07. The summed E-state index contributed by atoms with van der Waals surface area (Å²) in [5.41, 5.74) is 6.47. The van der Waals surface area contributed by atoms with Crippen LogP contribution in [0, 0.1) is 12.3 Å². The van der Waals surface area contributed by atoms with Crippen molar-refractivity contribution in [2.45, 2.75) is 47.6 Å². The second kappa shape index (κ2) is 6.85. The second-order valence-electron chi connectivity index (χ2n) is 5.85. The van der Waals surface area contributed by atoms with Gasteiger partial charge in [-0.1, -0.05) is 20.8 Å². The molecule has 0 aromatic carbocycles. The number of aryl methyl sites for hydroxylation is 1. The first-order valence-corrected chi connectivity index (χ1v) is 7.15. The van der Waals surface area contributed by atoms with Gasteiger partial charge in [-0.3, -0.25) is 0 Å². The Bertz CT molecular complexity index is 486. The maximum Gasteiger partial charge on any atom is 0.343 e. The Morgan fingerprint density at radius 3 is 2.29 bits per heavy atom. The minimum Gasteiger partial charge on any atom is -0.462 e. The zero-order chi connectivity index (χ0) is 16.2. The fraction of sp³-hybridized carbons (Fsp3) is 0.667. The lowest BCUT2D eigenvalue weighted by atomic mass is 9.88. The van der Waals surface area contributed by atoms with Gasteiger partial charge >= 0.3 is 5.97 Å². The molecule has 2 N–H and O–H groups in total. The number of rotatable bonds is 5. The monoisotopic (exact) mass is 295 g/mol. The molecule has 118 valence electrons. The van der Waals surface area contributed by atoms with Gasteiger partial charge in [-0.25, -0.2) is 14.8 Å². The van der Waals surface area contributed by atoms with E-state index in [-0.39, 0.29) is 29.5 Å². The van der Waals surface area contributed by atoms with Crippen LogP contribution in [0.4, 0.5) is 5.82 Å². The van der Waals surface area contributed by atoms with Crippen LogP contribution in [0.25, 0.3) is 0 Å². The summed E-state index contributed by atoms with van der Waals surface area (Å²) in [5, 5.41) is 0. The van der Waals surface area contributed by atoms with Gasteiger partial charge in [0.15, 0.2) is 5.82 Å². The minimum absolute atomic E-state index is 0.130. The Morgan fingerprint density at radius 2 is 1.86 bits per heavy atom. The zero-order valence-electron chi connectivity index (χ0n) is 13.7. The van der Waals surface area contributed by atoms with Gasteiger partial charge in [0.25, 0.3) is 0 Å². The van der Waals surface area contributed by atoms with Gasteiger partial charge < -0.3 is 15.2 Å². The Kier molecular flexibility index (Phi) is 5.66. The Morgan fingerprint density at radius 1 is 1.24 bits per heavy atom. The Labute approximate surface area is 126 Å². The third-order valence-electron chi connectivity index (χ3n) is 2.97. The maximum atomic E-state index is 11.9. The third-order valence-corrected chi connectivity index (χ3v) is 2.97. The highest BCUT2D eigenvalue weighted by molar-refractivity contribution is 5.95. The average Bonchev–Trinajstić information content (AvgIpc) is 2.33. The first-order valence-electron chi connectivity index (χ1n) is 7.15. The van der Waals surface area contributed by atoms with Crippen molar-refractivity contribution >= 4 is 11.8 Å². The molecule has 1 atom stereocenters. The normalized spacial score (nSPS) is 13.0. The van der Waals surface area contributed by atoms with Crippen molar-refractivity contribution in [3.63, 3.8) is 0 Å². The molecule has 0 saturated carbocycles. The number of esters is 1. The van der Waals surface area contributed by atoms with E-state index in [0.717, 1.165) is 0 Å². The number of carbonyl (C=O) groups excluding carboxylic acids is 1. The van der Waals surface area contributed by atoms with E-state index >= 15 is 0 Å². The summed E-state index contributed by atoms with van der Waals surface area (Å²) >= 11 is 0. The summed E-state index contributed by atoms with van der Waals surface area (Å²) in [7, 11) is 0. The van der Waals surface area contributed by atoms with E-state index < -0.39 is 5.97 Å². The molecule has 6 heteroatoms. The van der Waals surface area contributed by atoms with Gasteiger partial charge in [0.2, 0.25) is 0 Å². The van der Waals surface area contributed by atoms with E-state index in [1.54, 1.807) is 13.8 Å². The molecule has 21 heavy (non-hydrogen) atoms. The van der Waals surface area contributed by atoms with Gasteiger partial charge in [-0.2, -0.15) is 0 Å². The largest absolute Gasteiger partial charge is 0.462 e. The molecule has 0 bridgehead atoms. The van der Waals surface area contributed by atoms with E-state index in [0.29, 0.717) is 18.1 Å². The molecule has 0 aliphatic rings. The van der Waals surface area contributed by atoms with Gasteiger partial charge in [-0.05, 0) is 26.2 Å². The summed E-state index contributed by atoms with van der Waals surface area (Å²) < 4.78 is 10.7. The summed E-state index contributed by atoms with van der Waals surface area (Å²) in [6, 6.07) is 0. The number of nitrogens with two attached hydrogens (primary N) is 1. The van der Waals surface area contributed by atoms with E-state index in [2.05, 4.69) is 9.97 Å². The van der Waals surface area contributed by atoms with Gasteiger partial charge in [0, 0.05) is 6.61 Å². The topological polar surface area (TPSA) is 87.3 Å². The first-order chi connectivity index (χ1) is 9.72. The van der Waals surface area contributed by atoms with Crippen LogP contribution in [0.15, 0.2) is 0 Å². The number of nitrogens with zero attached hydrogens (tertiary/aromatic N) is 2. The molecule has 1 aromatic rings. The molecular formula is C15H25N3O3. The van der Waals surface area contributed by atoms with Crippen molar-refractivity contribution in [2.24, 2.45) is 5.41 Å². The summed E-state index contributed by atoms with van der Waals surface area (Å²) in [6.07, 6.45) is -0.292. The van der Waals surface area contributed by atoms with Gasteiger partial charge in [0.05, 0.1) is 12.3 Å². The Balaban J connectivity index is 3.26. The van der Waals surface area contributed by atoms with E-state index in [1.807, 2.05) is 27.7 Å². The zero-order valence-corrected chi connectivity index (χ0v) is 13.7. The molecule has 0 saturated heterocycles. The summed E-state index contributed by atoms with van der Waals surface area (Å²) in [5.74, 6) is 0.125. The molecule has 1 unspecified atom stereocenters. The van der Waals surface area contributed by atoms with Crippen LogP contribution in [0.1, 0.15) is 62.6 Å². The highest BCUT2D eigenvalue weighted by Gasteiger charge is 2.31. The van der Waals surface area contributed by atoms with Crippen molar-refractivity contribution in [3.8, 4) is 0 Å². The standard InChI is InChI=1S/C15H25N3O3/c1-7-20-11(15(4,5)6)13-17-9(3)10(12(16)18-13)14(19)21-8-2/h11H,7-8H2,1-6H3,(H2,16,17,18). The average molecular weight is 295 g/mol. The molecule has 0 aliphatic carbocycles. The van der Waals surface area contributed by atoms with Crippen molar-refractivity contribution in [2.75, 3.05) is 18.9 Å². The van der Waals surface area contributed by atoms with Crippen LogP contribution in [-0.2, 0) is 9.47 Å². The first kappa shape index (κ1) is 17.4. The van der Waals surface area contributed by atoms with Crippen LogP contribution in [0.2, 0.25) is 0 Å². The van der Waals surface area contributed by atoms with Crippen LogP contribution in [0.5, 0.6) is 0 Å². The molecule has 1 rings (SSSR count). The number of carbonyl (C=O) groups is 1. The highest BCUT2D eigenvalue weighted by Crippen LogP contribution is 2.35. The van der Waals surface area contributed by atoms with E-state index in [4.69, 9.17) is 15.2 Å². The predicted molar refractivity (Wildman–Crippen MR) is 81.0 cm³/mol. The number of hydrogen-bond donors (Lipinski definition) is 1. The minimum atomic E-state index is -0.497. The van der Waals surface area contributed by atoms with Crippen molar-refractivity contribution in [3.05, 3.63) is 17.1 Å². The van der Waals surface area contributed by atoms with Crippen molar-refractivity contribution in [1.29, 1.82) is 0 Å². The van der Waals surface area contributed by atoms with Crippen molar-refractivity contribution < 1.29 is 14.3 Å². The molecule has 0 spiro atoms. The lowest BCUT2D eigenvalue weighted by Crippen LogP contribution is -2.25. The Hall–Kier alpha value is -1.69. The smallest absolute Gasteiger partial charge is 0.343 e. The molecule has 1 heterocycles. The van der Waals surface area contributed by atoms with Gasteiger partial charge in [0.1, 0.15) is 17.5 Å². The molecule has 0 amide bonds. The van der Waals surface area contributed by atoms with Crippen LogP contribution in [0.3, 0.4) is 0 Å². The molecule has 0 fully saturated rings. The summed E-state index contributed by atoms with van der Waals surface area (Å²) in [6.45, 7) is 12.3.